The van der Waals surface area contributed by atoms with Crippen molar-refractivity contribution in [3.8, 4) is 0 Å². The minimum absolute atomic E-state index is 0.0559. The van der Waals surface area contributed by atoms with Crippen LogP contribution in [0.1, 0.15) is 69.9 Å². The van der Waals surface area contributed by atoms with Crippen molar-refractivity contribution < 1.29 is 19.2 Å². The first-order valence-corrected chi connectivity index (χ1v) is 10.6. The molecule has 0 bridgehead atoms. The molecule has 2 fully saturated rings. The maximum absolute atomic E-state index is 13.0. The van der Waals surface area contributed by atoms with Crippen molar-refractivity contribution in [1.82, 2.24) is 20.9 Å². The fourth-order valence-electron chi connectivity index (χ4n) is 4.02. The molecule has 1 saturated carbocycles. The topological polar surface area (TPSA) is 108 Å². The van der Waals surface area contributed by atoms with Crippen LogP contribution < -0.4 is 16.0 Å². The molecule has 0 unspecified atom stereocenters. The second-order valence-corrected chi connectivity index (χ2v) is 8.58. The average molecular weight is 415 g/mol. The van der Waals surface area contributed by atoms with Gasteiger partial charge in [0.15, 0.2) is 0 Å². The Morgan fingerprint density at radius 3 is 2.37 bits per heavy atom. The molecule has 1 atom stereocenters. The normalized spacial score (nSPS) is 22.2. The highest BCUT2D eigenvalue weighted by molar-refractivity contribution is 6.10. The molecule has 0 aromatic heterocycles. The van der Waals surface area contributed by atoms with Gasteiger partial charge in [-0.15, -0.1) is 0 Å². The summed E-state index contributed by atoms with van der Waals surface area (Å²) in [6, 6.07) is 6.29. The van der Waals surface area contributed by atoms with Crippen molar-refractivity contribution in [2.45, 2.75) is 70.4 Å². The predicted molar refractivity (Wildman–Crippen MR) is 112 cm³/mol. The highest BCUT2D eigenvalue weighted by Crippen LogP contribution is 2.29. The Bertz CT molecular complexity index is 830. The number of carbonyl (C=O) groups is 4. The van der Waals surface area contributed by atoms with Crippen LogP contribution >= 0.6 is 0 Å². The molecule has 8 nitrogen and oxygen atoms in total. The summed E-state index contributed by atoms with van der Waals surface area (Å²) in [5.74, 6) is -0.875. The first-order chi connectivity index (χ1) is 14.2. The molecule has 0 radical (unpaired) electrons. The third-order valence-corrected chi connectivity index (χ3v) is 5.92. The van der Waals surface area contributed by atoms with Gasteiger partial charge in [0.1, 0.15) is 12.1 Å². The first kappa shape index (κ1) is 21.8. The standard InChI is InChI=1S/C22H30N4O4/c1-14(2)15-9-11-16(12-10-15)22(3)19(28)26(21(30)25-22)13-18(27)24-20(29)23-17-7-5-4-6-8-17/h9-12,14,17H,4-8,13H2,1-3H3,(H,25,30)(H2,23,24,27,29)/t22-/m1/s1. The third-order valence-electron chi connectivity index (χ3n) is 5.92. The average Bonchev–Trinajstić information content (AvgIpc) is 2.92. The molecule has 1 aliphatic carbocycles. The van der Waals surface area contributed by atoms with Gasteiger partial charge < -0.3 is 10.6 Å². The van der Waals surface area contributed by atoms with Gasteiger partial charge in [0, 0.05) is 6.04 Å². The second kappa shape index (κ2) is 8.85. The molecular formula is C22H30N4O4. The Hall–Kier alpha value is -2.90. The second-order valence-electron chi connectivity index (χ2n) is 8.58. The van der Waals surface area contributed by atoms with Crippen molar-refractivity contribution >= 4 is 23.9 Å². The molecule has 3 N–H and O–H groups in total. The number of benzene rings is 1. The number of carbonyl (C=O) groups excluding carboxylic acids is 4. The lowest BCUT2D eigenvalue weighted by Gasteiger charge is -2.23. The Morgan fingerprint density at radius 1 is 1.13 bits per heavy atom. The Kier molecular flexibility index (Phi) is 6.43. The molecule has 162 valence electrons. The smallest absolute Gasteiger partial charge is 0.325 e. The lowest BCUT2D eigenvalue weighted by molar-refractivity contribution is -0.134. The van der Waals surface area contributed by atoms with E-state index in [-0.39, 0.29) is 6.04 Å². The summed E-state index contributed by atoms with van der Waals surface area (Å²) in [7, 11) is 0. The van der Waals surface area contributed by atoms with Crippen LogP contribution in [0, 0.1) is 0 Å². The zero-order chi connectivity index (χ0) is 21.9. The molecule has 0 spiro atoms. The fraction of sp³-hybridized carbons (Fsp3) is 0.545. The van der Waals surface area contributed by atoms with Crippen molar-refractivity contribution in [1.29, 1.82) is 0 Å². The summed E-state index contributed by atoms with van der Waals surface area (Å²) < 4.78 is 0. The highest BCUT2D eigenvalue weighted by Gasteiger charge is 2.49. The summed E-state index contributed by atoms with van der Waals surface area (Å²) in [5, 5.41) is 7.67. The van der Waals surface area contributed by atoms with Crippen LogP contribution in [-0.2, 0) is 15.1 Å². The van der Waals surface area contributed by atoms with Gasteiger partial charge in [-0.3, -0.25) is 19.8 Å². The van der Waals surface area contributed by atoms with Crippen LogP contribution in [0.3, 0.4) is 0 Å². The number of amides is 6. The van der Waals surface area contributed by atoms with Crippen LogP contribution in [0.25, 0.3) is 0 Å². The van der Waals surface area contributed by atoms with Gasteiger partial charge in [0.05, 0.1) is 0 Å². The van der Waals surface area contributed by atoms with E-state index in [4.69, 9.17) is 0 Å². The fourth-order valence-corrected chi connectivity index (χ4v) is 4.02. The van der Waals surface area contributed by atoms with Crippen LogP contribution in [0.2, 0.25) is 0 Å². The minimum Gasteiger partial charge on any atom is -0.335 e. The lowest BCUT2D eigenvalue weighted by atomic mass is 9.90. The van der Waals surface area contributed by atoms with E-state index < -0.39 is 36.0 Å². The van der Waals surface area contributed by atoms with E-state index >= 15 is 0 Å². The number of imide groups is 2. The number of nitrogens with one attached hydrogen (secondary N) is 3. The Morgan fingerprint density at radius 2 is 1.77 bits per heavy atom. The summed E-state index contributed by atoms with van der Waals surface area (Å²) in [6.45, 7) is 5.25. The first-order valence-electron chi connectivity index (χ1n) is 10.6. The number of urea groups is 2. The molecule has 8 heteroatoms. The number of rotatable bonds is 5. The monoisotopic (exact) mass is 414 g/mol. The lowest BCUT2D eigenvalue weighted by Crippen LogP contribution is -2.49. The van der Waals surface area contributed by atoms with Crippen molar-refractivity contribution in [2.24, 2.45) is 0 Å². The van der Waals surface area contributed by atoms with E-state index in [0.717, 1.165) is 42.6 Å². The van der Waals surface area contributed by atoms with Crippen LogP contribution in [0.5, 0.6) is 0 Å². The van der Waals surface area contributed by atoms with E-state index in [9.17, 15) is 19.2 Å². The van der Waals surface area contributed by atoms with Gasteiger partial charge in [0.25, 0.3) is 5.91 Å². The highest BCUT2D eigenvalue weighted by atomic mass is 16.2. The molecule has 3 rings (SSSR count). The van der Waals surface area contributed by atoms with Crippen molar-refractivity contribution in [3.63, 3.8) is 0 Å². The zero-order valence-corrected chi connectivity index (χ0v) is 17.8. The molecular weight excluding hydrogens is 384 g/mol. The van der Waals surface area contributed by atoms with Gasteiger partial charge in [-0.2, -0.15) is 0 Å². The van der Waals surface area contributed by atoms with E-state index in [1.165, 1.54) is 0 Å². The summed E-state index contributed by atoms with van der Waals surface area (Å²) >= 11 is 0. The van der Waals surface area contributed by atoms with Gasteiger partial charge in [-0.1, -0.05) is 57.4 Å². The van der Waals surface area contributed by atoms with Crippen LogP contribution in [0.4, 0.5) is 9.59 Å². The predicted octanol–water partition coefficient (Wildman–Crippen LogP) is 2.74. The van der Waals surface area contributed by atoms with Gasteiger partial charge in [-0.05, 0) is 36.8 Å². The molecule has 1 heterocycles. The van der Waals surface area contributed by atoms with Gasteiger partial charge in [-0.25, -0.2) is 9.59 Å². The van der Waals surface area contributed by atoms with E-state index in [1.807, 2.05) is 24.3 Å². The van der Waals surface area contributed by atoms with Crippen LogP contribution in [-0.4, -0.2) is 41.4 Å². The van der Waals surface area contributed by atoms with E-state index in [2.05, 4.69) is 29.8 Å². The number of hydrogen-bond donors (Lipinski definition) is 3. The molecule has 1 saturated heterocycles. The van der Waals surface area contributed by atoms with Gasteiger partial charge in [0.2, 0.25) is 5.91 Å². The molecule has 1 aliphatic heterocycles. The summed E-state index contributed by atoms with van der Waals surface area (Å²) in [6.07, 6.45) is 5.05. The quantitative estimate of drug-likeness (QED) is 0.644. The SMILES string of the molecule is CC(C)c1ccc([C@@]2(C)NC(=O)N(CC(=O)NC(=O)NC3CCCCC3)C2=O)cc1. The Labute approximate surface area is 176 Å². The molecule has 1 aromatic rings. The van der Waals surface area contributed by atoms with E-state index in [0.29, 0.717) is 11.5 Å². The third kappa shape index (κ3) is 4.63. The molecule has 1 aromatic carbocycles. The Balaban J connectivity index is 1.61. The largest absolute Gasteiger partial charge is 0.335 e. The maximum Gasteiger partial charge on any atom is 0.325 e. The van der Waals surface area contributed by atoms with Crippen molar-refractivity contribution in [3.05, 3.63) is 35.4 Å². The van der Waals surface area contributed by atoms with E-state index in [1.54, 1.807) is 6.92 Å². The zero-order valence-electron chi connectivity index (χ0n) is 17.8. The summed E-state index contributed by atoms with van der Waals surface area (Å²) in [4.78, 5) is 50.5. The molecule has 6 amide bonds. The number of nitrogens with zero attached hydrogens (tertiary/aromatic N) is 1. The summed E-state index contributed by atoms with van der Waals surface area (Å²) in [5.41, 5.74) is 0.513. The minimum atomic E-state index is -1.25. The molecule has 2 aliphatic rings. The molecule has 30 heavy (non-hydrogen) atoms. The number of hydrogen-bond acceptors (Lipinski definition) is 4. The van der Waals surface area contributed by atoms with Crippen molar-refractivity contribution in [2.75, 3.05) is 6.54 Å². The van der Waals surface area contributed by atoms with Crippen LogP contribution in [0.15, 0.2) is 24.3 Å². The maximum atomic E-state index is 13.0. The van der Waals surface area contributed by atoms with Gasteiger partial charge >= 0.3 is 12.1 Å².